The smallest absolute Gasteiger partial charge is 0.222 e. The highest BCUT2D eigenvalue weighted by atomic mass is 16.2. The van der Waals surface area contributed by atoms with Gasteiger partial charge < -0.3 is 15.2 Å². The SMILES string of the molecule is CC(C)n1c(C2CCCN(C(=O)CCCCCCN)C2)nc2ccccc21. The lowest BCUT2D eigenvalue weighted by molar-refractivity contribution is -0.132. The van der Waals surface area contributed by atoms with Gasteiger partial charge in [-0.25, -0.2) is 4.98 Å². The summed E-state index contributed by atoms with van der Waals surface area (Å²) in [6.07, 6.45) is 7.10. The van der Waals surface area contributed by atoms with Crippen molar-refractivity contribution in [3.8, 4) is 0 Å². The molecule has 5 nitrogen and oxygen atoms in total. The van der Waals surface area contributed by atoms with Gasteiger partial charge in [-0.1, -0.05) is 25.0 Å². The number of nitrogens with zero attached hydrogens (tertiary/aromatic N) is 3. The lowest BCUT2D eigenvalue weighted by Gasteiger charge is -2.33. The molecular weight excluding hydrogens is 336 g/mol. The lowest BCUT2D eigenvalue weighted by atomic mass is 9.96. The van der Waals surface area contributed by atoms with Crippen molar-refractivity contribution in [2.45, 2.75) is 70.8 Å². The molecule has 5 heteroatoms. The first-order valence-electron chi connectivity index (χ1n) is 10.6. The number of piperidine rings is 1. The van der Waals surface area contributed by atoms with Crippen molar-refractivity contribution >= 4 is 16.9 Å². The predicted octanol–water partition coefficient (Wildman–Crippen LogP) is 4.23. The topological polar surface area (TPSA) is 64.2 Å². The monoisotopic (exact) mass is 370 g/mol. The van der Waals surface area contributed by atoms with E-state index >= 15 is 0 Å². The van der Waals surface area contributed by atoms with E-state index in [2.05, 4.69) is 41.5 Å². The van der Waals surface area contributed by atoms with Gasteiger partial charge in [0.15, 0.2) is 0 Å². The van der Waals surface area contributed by atoms with E-state index in [-0.39, 0.29) is 0 Å². The van der Waals surface area contributed by atoms with Crippen LogP contribution in [-0.2, 0) is 4.79 Å². The third kappa shape index (κ3) is 4.70. The minimum absolute atomic E-state index is 0.305. The molecule has 1 fully saturated rings. The van der Waals surface area contributed by atoms with Gasteiger partial charge in [-0.15, -0.1) is 0 Å². The first-order valence-corrected chi connectivity index (χ1v) is 10.6. The molecule has 1 aliphatic heterocycles. The van der Waals surface area contributed by atoms with E-state index < -0.39 is 0 Å². The lowest BCUT2D eigenvalue weighted by Crippen LogP contribution is -2.39. The second-order valence-corrected chi connectivity index (χ2v) is 8.05. The van der Waals surface area contributed by atoms with E-state index in [1.54, 1.807) is 0 Å². The molecule has 1 unspecified atom stereocenters. The normalized spacial score (nSPS) is 17.8. The summed E-state index contributed by atoms with van der Waals surface area (Å²) in [4.78, 5) is 19.7. The van der Waals surface area contributed by atoms with Gasteiger partial charge in [-0.2, -0.15) is 0 Å². The van der Waals surface area contributed by atoms with Crippen LogP contribution in [0.25, 0.3) is 11.0 Å². The van der Waals surface area contributed by atoms with E-state index in [1.807, 2.05) is 6.07 Å². The second-order valence-electron chi connectivity index (χ2n) is 8.05. The number of imidazole rings is 1. The quantitative estimate of drug-likeness (QED) is 0.707. The molecule has 2 N–H and O–H groups in total. The Morgan fingerprint density at radius 2 is 2.00 bits per heavy atom. The van der Waals surface area contributed by atoms with Crippen molar-refractivity contribution in [1.29, 1.82) is 0 Å². The fourth-order valence-electron chi connectivity index (χ4n) is 4.24. The highest BCUT2D eigenvalue weighted by Gasteiger charge is 2.28. The van der Waals surface area contributed by atoms with Gasteiger partial charge in [-0.3, -0.25) is 4.79 Å². The van der Waals surface area contributed by atoms with Crippen molar-refractivity contribution in [2.24, 2.45) is 5.73 Å². The van der Waals surface area contributed by atoms with E-state index in [0.29, 0.717) is 24.3 Å². The summed E-state index contributed by atoms with van der Waals surface area (Å²) in [5, 5.41) is 0. The molecule has 0 saturated carbocycles. The Morgan fingerprint density at radius 3 is 2.78 bits per heavy atom. The molecule has 2 aromatic rings. The van der Waals surface area contributed by atoms with Gasteiger partial charge in [0.1, 0.15) is 5.82 Å². The summed E-state index contributed by atoms with van der Waals surface area (Å²) in [6.45, 7) is 6.87. The van der Waals surface area contributed by atoms with Crippen LogP contribution < -0.4 is 5.73 Å². The summed E-state index contributed by atoms with van der Waals surface area (Å²) < 4.78 is 2.36. The molecule has 27 heavy (non-hydrogen) atoms. The fourth-order valence-corrected chi connectivity index (χ4v) is 4.24. The van der Waals surface area contributed by atoms with Gasteiger partial charge in [0.05, 0.1) is 11.0 Å². The second kappa shape index (κ2) is 9.36. The Kier molecular flexibility index (Phi) is 6.89. The van der Waals surface area contributed by atoms with E-state index in [9.17, 15) is 4.79 Å². The number of para-hydroxylation sites is 2. The van der Waals surface area contributed by atoms with E-state index in [4.69, 9.17) is 10.7 Å². The minimum Gasteiger partial charge on any atom is -0.342 e. The van der Waals surface area contributed by atoms with Gasteiger partial charge in [0.25, 0.3) is 0 Å². The maximum absolute atomic E-state index is 12.7. The molecule has 0 spiro atoms. The molecule has 0 bridgehead atoms. The molecule has 3 rings (SSSR count). The highest BCUT2D eigenvalue weighted by Crippen LogP contribution is 2.31. The number of hydrogen-bond acceptors (Lipinski definition) is 3. The number of unbranched alkanes of at least 4 members (excludes halogenated alkanes) is 3. The van der Waals surface area contributed by atoms with Crippen LogP contribution in [0, 0.1) is 0 Å². The summed E-state index contributed by atoms with van der Waals surface area (Å²) in [5.41, 5.74) is 7.80. The molecule has 1 aromatic carbocycles. The number of rotatable bonds is 8. The number of aromatic nitrogens is 2. The summed E-state index contributed by atoms with van der Waals surface area (Å²) in [7, 11) is 0. The zero-order valence-electron chi connectivity index (χ0n) is 16.9. The fraction of sp³-hybridized carbons (Fsp3) is 0.636. The van der Waals surface area contributed by atoms with E-state index in [1.165, 1.54) is 5.52 Å². The van der Waals surface area contributed by atoms with Crippen molar-refractivity contribution in [3.05, 3.63) is 30.1 Å². The highest BCUT2D eigenvalue weighted by molar-refractivity contribution is 5.77. The number of likely N-dealkylation sites (tertiary alicyclic amines) is 1. The molecule has 1 aliphatic rings. The first-order chi connectivity index (χ1) is 13.1. The summed E-state index contributed by atoms with van der Waals surface area (Å²) >= 11 is 0. The van der Waals surface area contributed by atoms with Crippen LogP contribution in [0.4, 0.5) is 0 Å². The van der Waals surface area contributed by atoms with Crippen molar-refractivity contribution in [1.82, 2.24) is 14.5 Å². The Labute approximate surface area is 162 Å². The molecule has 1 amide bonds. The summed E-state index contributed by atoms with van der Waals surface area (Å²) in [5.74, 6) is 1.78. The molecule has 1 atom stereocenters. The third-order valence-electron chi connectivity index (χ3n) is 5.62. The van der Waals surface area contributed by atoms with Crippen molar-refractivity contribution < 1.29 is 4.79 Å². The van der Waals surface area contributed by atoms with Crippen molar-refractivity contribution in [3.63, 3.8) is 0 Å². The number of nitrogens with two attached hydrogens (primary N) is 1. The number of fused-ring (bicyclic) bond motifs is 1. The minimum atomic E-state index is 0.305. The Morgan fingerprint density at radius 1 is 1.22 bits per heavy atom. The van der Waals surface area contributed by atoms with Gasteiger partial charge >= 0.3 is 0 Å². The molecular formula is C22H34N4O. The maximum Gasteiger partial charge on any atom is 0.222 e. The maximum atomic E-state index is 12.7. The van der Waals surface area contributed by atoms with Crippen LogP contribution in [0.15, 0.2) is 24.3 Å². The van der Waals surface area contributed by atoms with Crippen LogP contribution in [0.1, 0.15) is 76.6 Å². The number of hydrogen-bond donors (Lipinski definition) is 1. The third-order valence-corrected chi connectivity index (χ3v) is 5.62. The Balaban J connectivity index is 1.68. The number of benzene rings is 1. The van der Waals surface area contributed by atoms with Crippen LogP contribution in [0.2, 0.25) is 0 Å². The zero-order valence-corrected chi connectivity index (χ0v) is 16.9. The number of carbonyl (C=O) groups excluding carboxylic acids is 1. The van der Waals surface area contributed by atoms with Crippen LogP contribution in [0.5, 0.6) is 0 Å². The molecule has 0 radical (unpaired) electrons. The first kappa shape index (κ1) is 19.9. The predicted molar refractivity (Wildman–Crippen MR) is 111 cm³/mol. The molecule has 1 saturated heterocycles. The van der Waals surface area contributed by atoms with E-state index in [0.717, 1.165) is 69.5 Å². The average Bonchev–Trinajstić information content (AvgIpc) is 3.07. The van der Waals surface area contributed by atoms with Gasteiger partial charge in [0, 0.05) is 31.5 Å². The molecule has 0 aliphatic carbocycles. The van der Waals surface area contributed by atoms with Crippen LogP contribution >= 0.6 is 0 Å². The molecule has 148 valence electrons. The number of amides is 1. The van der Waals surface area contributed by atoms with Gasteiger partial charge in [-0.05, 0) is 58.2 Å². The Hall–Kier alpha value is -1.88. The number of carbonyl (C=O) groups is 1. The molecule has 1 aromatic heterocycles. The van der Waals surface area contributed by atoms with Crippen molar-refractivity contribution in [2.75, 3.05) is 19.6 Å². The standard InChI is InChI=1S/C22H34N4O/c1-17(2)26-20-12-7-6-11-19(20)24-22(26)18-10-9-15-25(16-18)21(27)13-5-3-4-8-14-23/h6-7,11-12,17-18H,3-5,8-10,13-16,23H2,1-2H3. The average molecular weight is 371 g/mol. The zero-order chi connectivity index (χ0) is 19.2. The largest absolute Gasteiger partial charge is 0.342 e. The van der Waals surface area contributed by atoms with Crippen LogP contribution in [-0.4, -0.2) is 40.0 Å². The summed E-state index contributed by atoms with van der Waals surface area (Å²) in [6, 6.07) is 8.73. The van der Waals surface area contributed by atoms with Crippen LogP contribution in [0.3, 0.4) is 0 Å². The van der Waals surface area contributed by atoms with Gasteiger partial charge in [0.2, 0.25) is 5.91 Å². The Bertz CT molecular complexity index is 752. The molecule has 2 heterocycles.